The van der Waals surface area contributed by atoms with Crippen LogP contribution in [-0.4, -0.2) is 25.2 Å². The standard InChI is InChI=1S/C16H18N2O2/c1-11-5-6-18-13(9-11)16(17-2)12-3-4-14-15(10-12)20-8-7-19-14/h3-6,9-10,16-17H,7-8H2,1-2H3. The second kappa shape index (κ2) is 5.51. The lowest BCUT2D eigenvalue weighted by Crippen LogP contribution is -2.20. The topological polar surface area (TPSA) is 43.4 Å². The molecule has 0 radical (unpaired) electrons. The Morgan fingerprint density at radius 2 is 1.90 bits per heavy atom. The Balaban J connectivity index is 1.97. The summed E-state index contributed by atoms with van der Waals surface area (Å²) in [4.78, 5) is 4.46. The molecule has 3 rings (SSSR count). The van der Waals surface area contributed by atoms with E-state index >= 15 is 0 Å². The van der Waals surface area contributed by atoms with Crippen molar-refractivity contribution in [2.24, 2.45) is 0 Å². The summed E-state index contributed by atoms with van der Waals surface area (Å²) in [6.45, 7) is 3.28. The largest absolute Gasteiger partial charge is 0.486 e. The molecule has 104 valence electrons. The maximum Gasteiger partial charge on any atom is 0.161 e. The molecule has 1 aliphatic rings. The van der Waals surface area contributed by atoms with Crippen molar-refractivity contribution < 1.29 is 9.47 Å². The number of nitrogens with one attached hydrogen (secondary N) is 1. The second-order valence-corrected chi connectivity index (χ2v) is 4.88. The molecule has 0 fully saturated rings. The second-order valence-electron chi connectivity index (χ2n) is 4.88. The van der Waals surface area contributed by atoms with Gasteiger partial charge in [-0.2, -0.15) is 0 Å². The van der Waals surface area contributed by atoms with E-state index in [1.165, 1.54) is 5.56 Å². The fraction of sp³-hybridized carbons (Fsp3) is 0.312. The van der Waals surface area contributed by atoms with Crippen LogP contribution in [0.25, 0.3) is 0 Å². The molecule has 4 nitrogen and oxygen atoms in total. The van der Waals surface area contributed by atoms with E-state index in [9.17, 15) is 0 Å². The first-order valence-electron chi connectivity index (χ1n) is 6.77. The SMILES string of the molecule is CNC(c1ccc2c(c1)OCCO2)c1cc(C)ccn1. The Morgan fingerprint density at radius 1 is 1.10 bits per heavy atom. The number of rotatable bonds is 3. The molecule has 2 aromatic rings. The first-order chi connectivity index (χ1) is 9.78. The molecule has 1 atom stereocenters. The van der Waals surface area contributed by atoms with Crippen molar-refractivity contribution in [2.75, 3.05) is 20.3 Å². The van der Waals surface area contributed by atoms with Crippen LogP contribution in [0.5, 0.6) is 11.5 Å². The molecule has 4 heteroatoms. The molecule has 2 heterocycles. The quantitative estimate of drug-likeness (QED) is 0.930. The predicted molar refractivity (Wildman–Crippen MR) is 77.3 cm³/mol. The maximum atomic E-state index is 5.65. The Hall–Kier alpha value is -2.07. The molecule has 1 unspecified atom stereocenters. The zero-order valence-electron chi connectivity index (χ0n) is 11.7. The van der Waals surface area contributed by atoms with Gasteiger partial charge in [0.1, 0.15) is 13.2 Å². The Labute approximate surface area is 118 Å². The highest BCUT2D eigenvalue weighted by atomic mass is 16.6. The highest BCUT2D eigenvalue weighted by Crippen LogP contribution is 2.33. The van der Waals surface area contributed by atoms with Crippen LogP contribution in [0.3, 0.4) is 0 Å². The van der Waals surface area contributed by atoms with E-state index in [0.717, 1.165) is 22.8 Å². The van der Waals surface area contributed by atoms with Crippen LogP contribution in [0.1, 0.15) is 22.9 Å². The minimum absolute atomic E-state index is 0.0470. The summed E-state index contributed by atoms with van der Waals surface area (Å²) in [7, 11) is 1.94. The van der Waals surface area contributed by atoms with Crippen molar-refractivity contribution in [1.82, 2.24) is 10.3 Å². The van der Waals surface area contributed by atoms with Gasteiger partial charge in [0.05, 0.1) is 11.7 Å². The molecule has 0 aliphatic carbocycles. The Kier molecular flexibility index (Phi) is 3.56. The monoisotopic (exact) mass is 270 g/mol. The van der Waals surface area contributed by atoms with Gasteiger partial charge in [0.15, 0.2) is 11.5 Å². The lowest BCUT2D eigenvalue weighted by Gasteiger charge is -2.22. The third-order valence-corrected chi connectivity index (χ3v) is 3.42. The lowest BCUT2D eigenvalue weighted by molar-refractivity contribution is 0.171. The number of aromatic nitrogens is 1. The zero-order valence-corrected chi connectivity index (χ0v) is 11.7. The van der Waals surface area contributed by atoms with Gasteiger partial charge in [-0.05, 0) is 49.4 Å². The lowest BCUT2D eigenvalue weighted by atomic mass is 10.0. The molecular weight excluding hydrogens is 252 g/mol. The predicted octanol–water partition coefficient (Wildman–Crippen LogP) is 2.47. The molecule has 0 saturated carbocycles. The molecular formula is C16H18N2O2. The van der Waals surface area contributed by atoms with Crippen LogP contribution in [0.15, 0.2) is 36.5 Å². The highest BCUT2D eigenvalue weighted by Gasteiger charge is 2.18. The fourth-order valence-corrected chi connectivity index (χ4v) is 2.44. The van der Waals surface area contributed by atoms with Crippen molar-refractivity contribution in [3.8, 4) is 11.5 Å². The van der Waals surface area contributed by atoms with Crippen LogP contribution in [0, 0.1) is 6.92 Å². The van der Waals surface area contributed by atoms with Gasteiger partial charge >= 0.3 is 0 Å². The van der Waals surface area contributed by atoms with Crippen LogP contribution >= 0.6 is 0 Å². The summed E-state index contributed by atoms with van der Waals surface area (Å²) >= 11 is 0. The van der Waals surface area contributed by atoms with E-state index in [2.05, 4.69) is 29.4 Å². The Bertz CT molecular complexity index is 613. The molecule has 0 spiro atoms. The molecule has 1 aromatic heterocycles. The van der Waals surface area contributed by atoms with Gasteiger partial charge in [-0.1, -0.05) is 6.07 Å². The van der Waals surface area contributed by atoms with Gasteiger partial charge < -0.3 is 14.8 Å². The number of pyridine rings is 1. The first kappa shape index (κ1) is 12.9. The molecule has 1 aliphatic heterocycles. The first-order valence-corrected chi connectivity index (χ1v) is 6.77. The van der Waals surface area contributed by atoms with Crippen molar-refractivity contribution in [1.29, 1.82) is 0 Å². The minimum Gasteiger partial charge on any atom is -0.486 e. The summed E-state index contributed by atoms with van der Waals surface area (Å²) in [6, 6.07) is 10.2. The Morgan fingerprint density at radius 3 is 2.65 bits per heavy atom. The number of ether oxygens (including phenoxy) is 2. The number of hydrogen-bond donors (Lipinski definition) is 1. The van der Waals surface area contributed by atoms with Crippen molar-refractivity contribution in [3.63, 3.8) is 0 Å². The number of fused-ring (bicyclic) bond motifs is 1. The number of hydrogen-bond acceptors (Lipinski definition) is 4. The van der Waals surface area contributed by atoms with E-state index in [0.29, 0.717) is 13.2 Å². The molecule has 0 bridgehead atoms. The van der Waals surface area contributed by atoms with Gasteiger partial charge in [0, 0.05) is 6.20 Å². The minimum atomic E-state index is 0.0470. The average molecular weight is 270 g/mol. The molecule has 1 N–H and O–H groups in total. The summed E-state index contributed by atoms with van der Waals surface area (Å²) < 4.78 is 11.2. The number of benzene rings is 1. The smallest absolute Gasteiger partial charge is 0.161 e. The van der Waals surface area contributed by atoms with Crippen molar-refractivity contribution in [2.45, 2.75) is 13.0 Å². The normalized spacial score (nSPS) is 14.9. The van der Waals surface area contributed by atoms with E-state index in [4.69, 9.17) is 9.47 Å². The highest BCUT2D eigenvalue weighted by molar-refractivity contribution is 5.46. The summed E-state index contributed by atoms with van der Waals surface area (Å²) in [5.41, 5.74) is 3.33. The van der Waals surface area contributed by atoms with E-state index < -0.39 is 0 Å². The van der Waals surface area contributed by atoms with Crippen LogP contribution < -0.4 is 14.8 Å². The molecule has 0 amide bonds. The van der Waals surface area contributed by atoms with Gasteiger partial charge in [0.25, 0.3) is 0 Å². The van der Waals surface area contributed by atoms with E-state index in [1.807, 2.05) is 31.4 Å². The van der Waals surface area contributed by atoms with Crippen LogP contribution in [0.4, 0.5) is 0 Å². The summed E-state index contributed by atoms with van der Waals surface area (Å²) in [5, 5.41) is 3.31. The summed E-state index contributed by atoms with van der Waals surface area (Å²) in [5.74, 6) is 1.62. The van der Waals surface area contributed by atoms with Gasteiger partial charge in [0.2, 0.25) is 0 Å². The average Bonchev–Trinajstić information content (AvgIpc) is 2.48. The van der Waals surface area contributed by atoms with Crippen LogP contribution in [-0.2, 0) is 0 Å². The number of nitrogens with zero attached hydrogens (tertiary/aromatic N) is 1. The van der Waals surface area contributed by atoms with Gasteiger partial charge in [-0.15, -0.1) is 0 Å². The molecule has 20 heavy (non-hydrogen) atoms. The van der Waals surface area contributed by atoms with E-state index in [1.54, 1.807) is 0 Å². The zero-order chi connectivity index (χ0) is 13.9. The molecule has 0 saturated heterocycles. The maximum absolute atomic E-state index is 5.65. The molecule has 1 aromatic carbocycles. The number of aryl methyl sites for hydroxylation is 1. The van der Waals surface area contributed by atoms with Crippen LogP contribution in [0.2, 0.25) is 0 Å². The fourth-order valence-electron chi connectivity index (χ4n) is 2.44. The van der Waals surface area contributed by atoms with E-state index in [-0.39, 0.29) is 6.04 Å². The third kappa shape index (κ3) is 2.47. The van der Waals surface area contributed by atoms with Gasteiger partial charge in [-0.25, -0.2) is 0 Å². The summed E-state index contributed by atoms with van der Waals surface area (Å²) in [6.07, 6.45) is 1.84. The van der Waals surface area contributed by atoms with Crippen molar-refractivity contribution >= 4 is 0 Å². The van der Waals surface area contributed by atoms with Gasteiger partial charge in [-0.3, -0.25) is 4.98 Å². The van der Waals surface area contributed by atoms with Crippen molar-refractivity contribution in [3.05, 3.63) is 53.3 Å². The third-order valence-electron chi connectivity index (χ3n) is 3.42.